The van der Waals surface area contributed by atoms with Crippen LogP contribution in [0.2, 0.25) is 0 Å². The molecule has 0 unspecified atom stereocenters. The molecule has 8 heteroatoms. The third kappa shape index (κ3) is 3.32. The van der Waals surface area contributed by atoms with E-state index in [0.29, 0.717) is 11.5 Å². The van der Waals surface area contributed by atoms with Crippen molar-refractivity contribution in [1.29, 1.82) is 0 Å². The molecule has 2 aromatic heterocycles. The first-order chi connectivity index (χ1) is 10.4. The lowest BCUT2D eigenvalue weighted by Gasteiger charge is -2.07. The van der Waals surface area contributed by atoms with Gasteiger partial charge in [-0.15, -0.1) is 0 Å². The van der Waals surface area contributed by atoms with Gasteiger partial charge >= 0.3 is 6.18 Å². The van der Waals surface area contributed by atoms with E-state index >= 15 is 0 Å². The SMILES string of the molecule is O=C(Cn1nc(C(F)(F)F)cc1C1CC1)NCc1ccco1. The molecular formula is C14H14F3N3O2. The first-order valence-corrected chi connectivity index (χ1v) is 6.87. The minimum atomic E-state index is -4.50. The molecule has 118 valence electrons. The summed E-state index contributed by atoms with van der Waals surface area (Å²) < 4.78 is 44.5. The van der Waals surface area contributed by atoms with Crippen LogP contribution in [0.15, 0.2) is 28.9 Å². The molecule has 0 spiro atoms. The Morgan fingerprint density at radius 1 is 1.45 bits per heavy atom. The van der Waals surface area contributed by atoms with Crippen LogP contribution in [0.25, 0.3) is 0 Å². The predicted molar refractivity (Wildman–Crippen MR) is 69.8 cm³/mol. The van der Waals surface area contributed by atoms with Crippen molar-refractivity contribution >= 4 is 5.91 Å². The molecule has 3 rings (SSSR count). The van der Waals surface area contributed by atoms with Crippen LogP contribution in [0.4, 0.5) is 13.2 Å². The average molecular weight is 313 g/mol. The van der Waals surface area contributed by atoms with Gasteiger partial charge in [-0.2, -0.15) is 18.3 Å². The Balaban J connectivity index is 1.68. The highest BCUT2D eigenvalue weighted by molar-refractivity contribution is 5.75. The number of nitrogens with zero attached hydrogens (tertiary/aromatic N) is 2. The van der Waals surface area contributed by atoms with E-state index in [0.717, 1.165) is 23.6 Å². The topological polar surface area (TPSA) is 60.1 Å². The molecular weight excluding hydrogens is 299 g/mol. The zero-order chi connectivity index (χ0) is 15.7. The van der Waals surface area contributed by atoms with Crippen LogP contribution in [0.1, 0.15) is 35.9 Å². The molecule has 0 bridgehead atoms. The number of furan rings is 1. The lowest BCUT2D eigenvalue weighted by atomic mass is 10.2. The third-order valence-corrected chi connectivity index (χ3v) is 3.43. The molecule has 0 aliphatic heterocycles. The molecule has 1 fully saturated rings. The highest BCUT2D eigenvalue weighted by Gasteiger charge is 2.38. The van der Waals surface area contributed by atoms with Crippen LogP contribution >= 0.6 is 0 Å². The molecule has 1 aliphatic carbocycles. The van der Waals surface area contributed by atoms with Crippen LogP contribution in [0, 0.1) is 0 Å². The highest BCUT2D eigenvalue weighted by Crippen LogP contribution is 2.42. The van der Waals surface area contributed by atoms with Gasteiger partial charge in [0.1, 0.15) is 12.3 Å². The molecule has 0 aromatic carbocycles. The maximum absolute atomic E-state index is 12.7. The van der Waals surface area contributed by atoms with Gasteiger partial charge < -0.3 is 9.73 Å². The van der Waals surface area contributed by atoms with E-state index in [1.54, 1.807) is 12.1 Å². The number of amides is 1. The largest absolute Gasteiger partial charge is 0.467 e. The van der Waals surface area contributed by atoms with Gasteiger partial charge in [-0.1, -0.05) is 0 Å². The summed E-state index contributed by atoms with van der Waals surface area (Å²) in [6.45, 7) is -0.0411. The van der Waals surface area contributed by atoms with Crippen LogP contribution in [-0.2, 0) is 24.1 Å². The quantitative estimate of drug-likeness (QED) is 0.923. The Hall–Kier alpha value is -2.25. The van der Waals surface area contributed by atoms with E-state index in [4.69, 9.17) is 4.42 Å². The molecule has 2 aromatic rings. The van der Waals surface area contributed by atoms with Gasteiger partial charge in [0.05, 0.1) is 12.8 Å². The van der Waals surface area contributed by atoms with E-state index in [-0.39, 0.29) is 19.0 Å². The zero-order valence-electron chi connectivity index (χ0n) is 11.6. The van der Waals surface area contributed by atoms with Gasteiger partial charge in [-0.05, 0) is 31.0 Å². The Labute approximate surface area is 124 Å². The van der Waals surface area contributed by atoms with E-state index in [1.807, 2.05) is 0 Å². The van der Waals surface area contributed by atoms with Crippen molar-refractivity contribution in [1.82, 2.24) is 15.1 Å². The molecule has 0 saturated heterocycles. The van der Waals surface area contributed by atoms with Crippen molar-refractivity contribution in [3.63, 3.8) is 0 Å². The molecule has 2 heterocycles. The second-order valence-electron chi connectivity index (χ2n) is 5.24. The van der Waals surface area contributed by atoms with E-state index in [1.165, 1.54) is 6.26 Å². The van der Waals surface area contributed by atoms with E-state index in [9.17, 15) is 18.0 Å². The Bertz CT molecular complexity index is 657. The second-order valence-corrected chi connectivity index (χ2v) is 5.24. The molecule has 0 radical (unpaired) electrons. The van der Waals surface area contributed by atoms with Crippen molar-refractivity contribution < 1.29 is 22.4 Å². The molecule has 5 nitrogen and oxygen atoms in total. The summed E-state index contributed by atoms with van der Waals surface area (Å²) in [5.41, 5.74) is -0.478. The smallest absolute Gasteiger partial charge is 0.435 e. The number of nitrogens with one attached hydrogen (secondary N) is 1. The second kappa shape index (κ2) is 5.51. The predicted octanol–water partition coefficient (Wildman–Crippen LogP) is 2.69. The van der Waals surface area contributed by atoms with Gasteiger partial charge in [0.2, 0.25) is 5.91 Å². The highest BCUT2D eigenvalue weighted by atomic mass is 19.4. The number of halogens is 3. The van der Waals surface area contributed by atoms with Gasteiger partial charge in [0, 0.05) is 11.6 Å². The Kier molecular flexibility index (Phi) is 3.67. The van der Waals surface area contributed by atoms with Crippen LogP contribution in [0.3, 0.4) is 0 Å². The number of rotatable bonds is 5. The van der Waals surface area contributed by atoms with Crippen molar-refractivity contribution in [3.8, 4) is 0 Å². The summed E-state index contributed by atoms with van der Waals surface area (Å²) in [6.07, 6.45) is -1.36. The summed E-state index contributed by atoms with van der Waals surface area (Å²) in [4.78, 5) is 11.9. The van der Waals surface area contributed by atoms with Gasteiger partial charge in [-0.25, -0.2) is 0 Å². The number of hydrogen-bond acceptors (Lipinski definition) is 3. The van der Waals surface area contributed by atoms with Crippen molar-refractivity contribution in [2.75, 3.05) is 0 Å². The Morgan fingerprint density at radius 3 is 2.82 bits per heavy atom. The van der Waals surface area contributed by atoms with Crippen molar-refractivity contribution in [2.45, 2.75) is 38.0 Å². The first-order valence-electron chi connectivity index (χ1n) is 6.87. The fraction of sp³-hybridized carbons (Fsp3) is 0.429. The van der Waals surface area contributed by atoms with E-state index < -0.39 is 17.8 Å². The number of carbonyl (C=O) groups is 1. The monoisotopic (exact) mass is 313 g/mol. The minimum absolute atomic E-state index is 0.0708. The third-order valence-electron chi connectivity index (χ3n) is 3.43. The summed E-state index contributed by atoms with van der Waals surface area (Å²) in [5, 5.41) is 6.13. The number of hydrogen-bond donors (Lipinski definition) is 1. The molecule has 1 amide bonds. The summed E-state index contributed by atoms with van der Waals surface area (Å²) in [7, 11) is 0. The fourth-order valence-electron chi connectivity index (χ4n) is 2.19. The molecule has 22 heavy (non-hydrogen) atoms. The number of alkyl halides is 3. The minimum Gasteiger partial charge on any atom is -0.467 e. The molecule has 1 saturated carbocycles. The number of aromatic nitrogens is 2. The lowest BCUT2D eigenvalue weighted by Crippen LogP contribution is -2.28. The average Bonchev–Trinajstić information content (AvgIpc) is 2.99. The standard InChI is InChI=1S/C14H14F3N3O2/c15-14(16,17)12-6-11(9-3-4-9)20(19-12)8-13(21)18-7-10-2-1-5-22-10/h1-2,5-6,9H,3-4,7-8H2,(H,18,21). The first kappa shape index (κ1) is 14.7. The number of carbonyl (C=O) groups excluding carboxylic acids is 1. The maximum atomic E-state index is 12.7. The van der Waals surface area contributed by atoms with Gasteiger partial charge in [-0.3, -0.25) is 9.48 Å². The van der Waals surface area contributed by atoms with Gasteiger partial charge in [0.25, 0.3) is 0 Å². The normalized spacial score (nSPS) is 15.0. The van der Waals surface area contributed by atoms with Crippen LogP contribution in [-0.4, -0.2) is 15.7 Å². The lowest BCUT2D eigenvalue weighted by molar-refractivity contribution is -0.141. The Morgan fingerprint density at radius 2 is 2.23 bits per heavy atom. The summed E-state index contributed by atoms with van der Waals surface area (Å²) in [5.74, 6) is 0.240. The van der Waals surface area contributed by atoms with Crippen LogP contribution < -0.4 is 5.32 Å². The molecule has 1 N–H and O–H groups in total. The molecule has 0 atom stereocenters. The van der Waals surface area contributed by atoms with Crippen molar-refractivity contribution in [2.24, 2.45) is 0 Å². The fourth-order valence-corrected chi connectivity index (χ4v) is 2.19. The zero-order valence-corrected chi connectivity index (χ0v) is 11.6. The van der Waals surface area contributed by atoms with E-state index in [2.05, 4.69) is 10.4 Å². The maximum Gasteiger partial charge on any atom is 0.435 e. The van der Waals surface area contributed by atoms with Gasteiger partial charge in [0.15, 0.2) is 5.69 Å². The van der Waals surface area contributed by atoms with Crippen molar-refractivity contribution in [3.05, 3.63) is 41.6 Å². The van der Waals surface area contributed by atoms with Crippen LogP contribution in [0.5, 0.6) is 0 Å². The summed E-state index contributed by atoms with van der Waals surface area (Å²) >= 11 is 0. The molecule has 1 aliphatic rings. The summed E-state index contributed by atoms with van der Waals surface area (Å²) in [6, 6.07) is 4.43.